The molecule has 0 saturated carbocycles. The fourth-order valence-electron chi connectivity index (χ4n) is 14.0. The number of benzene rings is 13. The molecule has 0 N–H and O–H groups in total. The summed E-state index contributed by atoms with van der Waals surface area (Å²) >= 11 is 0. The molecule has 0 amide bonds. The molecule has 7 heteroatoms. The van der Waals surface area contributed by atoms with Crippen molar-refractivity contribution in [3.05, 3.63) is 340 Å². The Kier molecular flexibility index (Phi) is 14.1. The third kappa shape index (κ3) is 10.5. The van der Waals surface area contributed by atoms with E-state index in [9.17, 15) is 0 Å². The lowest BCUT2D eigenvalue weighted by Gasteiger charge is -2.26. The van der Waals surface area contributed by atoms with Crippen LogP contribution in [0.2, 0.25) is 0 Å². The minimum atomic E-state index is -0.0949. The molecular formula is C88H63BN4O2. The standard InChI is InChI=1S/C88H63BN4O2/c1-88(2,3)69-46-47-90-86(54-69)93-80-45-42-70(89-78-36-16-20-40-84(78)95-85-41-21-17-37-79(85)89)55-77(80)76-44-43-73(57-83(76)93)94-72-33-22-32-71(56-72)91-58-92(82-39-19-18-38-81(82)91)87-74(67-50-63(59-24-8-4-9-25-59)48-64(51-67)60-26-10-5-11-27-60)34-23-35-75(87)68-52-65(61-28-12-6-13-29-61)49-66(53-68)62-30-14-7-15-31-62/h4-57H,1-3H3. The van der Waals surface area contributed by atoms with Crippen LogP contribution in [0.3, 0.4) is 0 Å². The third-order valence-electron chi connectivity index (χ3n) is 18.7. The minimum Gasteiger partial charge on any atom is -0.458 e. The van der Waals surface area contributed by atoms with E-state index < -0.39 is 0 Å². The quantitative estimate of drug-likeness (QED) is 0.0696. The molecule has 3 aromatic heterocycles. The zero-order valence-corrected chi connectivity index (χ0v) is 52.9. The van der Waals surface area contributed by atoms with Crippen molar-refractivity contribution in [3.8, 4) is 107 Å². The Morgan fingerprint density at radius 2 is 0.916 bits per heavy atom. The Morgan fingerprint density at radius 1 is 0.400 bits per heavy atom. The van der Waals surface area contributed by atoms with Crippen molar-refractivity contribution in [1.82, 2.24) is 14.1 Å². The van der Waals surface area contributed by atoms with Gasteiger partial charge in [0.15, 0.2) is 0 Å². The highest BCUT2D eigenvalue weighted by Gasteiger charge is 2.33. The van der Waals surface area contributed by atoms with E-state index in [2.05, 4.69) is 344 Å². The first-order valence-corrected chi connectivity index (χ1v) is 32.5. The molecule has 6 nitrogen and oxygen atoms in total. The van der Waals surface area contributed by atoms with Crippen LogP contribution in [-0.2, 0) is 5.41 Å². The zero-order valence-electron chi connectivity index (χ0n) is 52.9. The second kappa shape index (κ2) is 23.6. The van der Waals surface area contributed by atoms with Crippen molar-refractivity contribution < 1.29 is 14.0 Å². The van der Waals surface area contributed by atoms with E-state index in [1.54, 1.807) is 0 Å². The van der Waals surface area contributed by atoms with Gasteiger partial charge >= 0.3 is 0 Å². The van der Waals surface area contributed by atoms with E-state index in [0.29, 0.717) is 11.5 Å². The summed E-state index contributed by atoms with van der Waals surface area (Å²) in [4.78, 5) is 5.08. The van der Waals surface area contributed by atoms with Gasteiger partial charge in [-0.3, -0.25) is 13.7 Å². The Morgan fingerprint density at radius 3 is 1.49 bits per heavy atom. The van der Waals surface area contributed by atoms with Crippen molar-refractivity contribution in [2.75, 3.05) is 0 Å². The molecule has 0 spiro atoms. The van der Waals surface area contributed by atoms with Gasteiger partial charge in [-0.05, 0) is 186 Å². The lowest BCUT2D eigenvalue weighted by molar-refractivity contribution is -0.571. The van der Waals surface area contributed by atoms with E-state index in [4.69, 9.17) is 14.5 Å². The first kappa shape index (κ1) is 56.9. The number of rotatable bonds is 12. The molecule has 95 heavy (non-hydrogen) atoms. The molecule has 0 aliphatic carbocycles. The molecule has 0 atom stereocenters. The van der Waals surface area contributed by atoms with Gasteiger partial charge in [0.2, 0.25) is 0 Å². The Bertz CT molecular complexity index is 5290. The number of hydrogen-bond donors (Lipinski definition) is 0. The average Bonchev–Trinajstić information content (AvgIpc) is 1.61. The summed E-state index contributed by atoms with van der Waals surface area (Å²) in [5.41, 5.74) is 23.9. The van der Waals surface area contributed by atoms with Gasteiger partial charge in [-0.2, -0.15) is 0 Å². The Labute approximate surface area is 553 Å². The van der Waals surface area contributed by atoms with Crippen LogP contribution >= 0.6 is 0 Å². The molecule has 0 radical (unpaired) electrons. The fraction of sp³-hybridized carbons (Fsp3) is 0.0455. The van der Waals surface area contributed by atoms with Gasteiger partial charge in [-0.25, -0.2) is 4.98 Å². The number of imidazole rings is 1. The van der Waals surface area contributed by atoms with Crippen molar-refractivity contribution in [2.45, 2.75) is 26.2 Å². The van der Waals surface area contributed by atoms with Gasteiger partial charge in [-0.1, -0.05) is 245 Å². The lowest BCUT2D eigenvalue weighted by atomic mass is 9.36. The summed E-state index contributed by atoms with van der Waals surface area (Å²) in [6.07, 6.45) is 5.93. The van der Waals surface area contributed by atoms with Crippen LogP contribution in [0.5, 0.6) is 23.0 Å². The highest BCUT2D eigenvalue weighted by Crippen LogP contribution is 2.43. The lowest BCUT2D eigenvalue weighted by Crippen LogP contribution is -2.54. The van der Waals surface area contributed by atoms with Gasteiger partial charge in [-0.15, -0.1) is 0 Å². The smallest absolute Gasteiger partial charge is 0.269 e. The SMILES string of the molecule is CC(C)(C)c1ccnc(-n2c3ccc(B4c5ccccc5Oc5ccccc54)cc3c3ccc(Oc4cccc(-n5[c-][n+](-c6c(-c7cc(-c8ccccc8)cc(-c8ccccc8)c7)cccc6-c6cc(-c7ccccc7)cc(-c7ccccc7)c6)c6ccccc65)c4)cc32)c1. The first-order chi connectivity index (χ1) is 46.7. The maximum atomic E-state index is 7.08. The number of pyridine rings is 1. The maximum absolute atomic E-state index is 7.08. The number of para-hydroxylation sites is 5. The van der Waals surface area contributed by atoms with Crippen molar-refractivity contribution >= 4 is 55.9 Å². The van der Waals surface area contributed by atoms with Gasteiger partial charge in [0.25, 0.3) is 13.0 Å². The molecule has 0 fully saturated rings. The van der Waals surface area contributed by atoms with Crippen molar-refractivity contribution in [3.63, 3.8) is 0 Å². The number of ether oxygens (including phenoxy) is 2. The molecular weight excluding hydrogens is 1160 g/mol. The van der Waals surface area contributed by atoms with Crippen LogP contribution < -0.4 is 30.4 Å². The summed E-state index contributed by atoms with van der Waals surface area (Å²) in [5, 5.41) is 2.23. The van der Waals surface area contributed by atoms with Gasteiger partial charge in [0, 0.05) is 23.0 Å². The molecule has 16 aromatic rings. The third-order valence-corrected chi connectivity index (χ3v) is 18.7. The monoisotopic (exact) mass is 1220 g/mol. The van der Waals surface area contributed by atoms with E-state index >= 15 is 0 Å². The molecule has 1 aliphatic rings. The zero-order chi connectivity index (χ0) is 63.6. The van der Waals surface area contributed by atoms with Crippen LogP contribution in [0.25, 0.3) is 117 Å². The topological polar surface area (TPSA) is 45.1 Å². The van der Waals surface area contributed by atoms with E-state index in [1.807, 2.05) is 24.4 Å². The van der Waals surface area contributed by atoms with Crippen LogP contribution in [0.4, 0.5) is 0 Å². The number of aromatic nitrogens is 4. The molecule has 4 heterocycles. The highest BCUT2D eigenvalue weighted by molar-refractivity contribution is 6.97. The summed E-state index contributed by atoms with van der Waals surface area (Å²) in [5.74, 6) is 4.00. The van der Waals surface area contributed by atoms with Crippen LogP contribution in [-0.4, -0.2) is 20.8 Å². The van der Waals surface area contributed by atoms with Crippen LogP contribution in [0.1, 0.15) is 26.3 Å². The second-order valence-electron chi connectivity index (χ2n) is 25.7. The van der Waals surface area contributed by atoms with E-state index in [0.717, 1.165) is 139 Å². The van der Waals surface area contributed by atoms with Crippen molar-refractivity contribution in [1.29, 1.82) is 0 Å². The number of fused-ring (bicyclic) bond motifs is 6. The maximum Gasteiger partial charge on any atom is 0.269 e. The molecule has 450 valence electrons. The number of hydrogen-bond acceptors (Lipinski definition) is 3. The fourth-order valence-corrected chi connectivity index (χ4v) is 14.0. The predicted octanol–water partition coefficient (Wildman–Crippen LogP) is 19.9. The van der Waals surface area contributed by atoms with Crippen LogP contribution in [0, 0.1) is 6.33 Å². The van der Waals surface area contributed by atoms with Gasteiger partial charge in [0.05, 0.1) is 33.4 Å². The average molecular weight is 1220 g/mol. The largest absolute Gasteiger partial charge is 0.458 e. The van der Waals surface area contributed by atoms with Crippen LogP contribution in [0.15, 0.2) is 328 Å². The van der Waals surface area contributed by atoms with Gasteiger partial charge in [0.1, 0.15) is 28.8 Å². The van der Waals surface area contributed by atoms with Crippen molar-refractivity contribution in [2.24, 2.45) is 0 Å². The summed E-state index contributed by atoms with van der Waals surface area (Å²) in [7, 11) is 0. The minimum absolute atomic E-state index is 0.0209. The molecule has 17 rings (SSSR count). The Hall–Kier alpha value is -12.1. The highest BCUT2D eigenvalue weighted by atomic mass is 16.5. The van der Waals surface area contributed by atoms with Gasteiger partial charge < -0.3 is 9.47 Å². The number of nitrogens with zero attached hydrogens (tertiary/aromatic N) is 4. The summed E-state index contributed by atoms with van der Waals surface area (Å²) in [6, 6.07) is 115. The molecule has 13 aromatic carbocycles. The predicted molar refractivity (Wildman–Crippen MR) is 391 cm³/mol. The summed E-state index contributed by atoms with van der Waals surface area (Å²) < 4.78 is 20.3. The summed E-state index contributed by atoms with van der Waals surface area (Å²) in [6.45, 7) is 6.73. The molecule has 0 bridgehead atoms. The first-order valence-electron chi connectivity index (χ1n) is 32.5. The second-order valence-corrected chi connectivity index (χ2v) is 25.7. The molecule has 1 aliphatic heterocycles. The van der Waals surface area contributed by atoms with E-state index in [1.165, 1.54) is 11.0 Å². The Balaban J connectivity index is 0.821. The molecule has 0 saturated heterocycles. The van der Waals surface area contributed by atoms with E-state index in [-0.39, 0.29) is 12.1 Å². The molecule has 0 unspecified atom stereocenters. The normalized spacial score (nSPS) is 12.0.